The van der Waals surface area contributed by atoms with E-state index in [-0.39, 0.29) is 10.9 Å². The third-order valence-electron chi connectivity index (χ3n) is 3.43. The Balaban J connectivity index is 2.27. The molecule has 3 N–H and O–H groups in total. The van der Waals surface area contributed by atoms with Crippen LogP contribution in [0.2, 0.25) is 0 Å². The molecule has 0 saturated carbocycles. The summed E-state index contributed by atoms with van der Waals surface area (Å²) in [5.41, 5.74) is 8.38. The molecule has 21 heavy (non-hydrogen) atoms. The van der Waals surface area contributed by atoms with Crippen LogP contribution in [0.15, 0.2) is 53.4 Å². The van der Waals surface area contributed by atoms with Crippen molar-refractivity contribution in [2.75, 3.05) is 0 Å². The molecule has 2 rings (SSSR count). The summed E-state index contributed by atoms with van der Waals surface area (Å²) in [7, 11) is -3.56. The fourth-order valence-corrected chi connectivity index (χ4v) is 3.57. The monoisotopic (exact) mass is 304 g/mol. The average Bonchev–Trinajstić information content (AvgIpc) is 2.47. The molecule has 0 heterocycles. The predicted molar refractivity (Wildman–Crippen MR) is 84.2 cm³/mol. The molecule has 5 heteroatoms. The summed E-state index contributed by atoms with van der Waals surface area (Å²) in [6, 6.07) is 14.1. The van der Waals surface area contributed by atoms with Crippen molar-refractivity contribution in [2.24, 2.45) is 5.73 Å². The van der Waals surface area contributed by atoms with Gasteiger partial charge >= 0.3 is 0 Å². The second kappa shape index (κ2) is 6.39. The van der Waals surface area contributed by atoms with Crippen LogP contribution in [-0.2, 0) is 16.6 Å². The van der Waals surface area contributed by atoms with Crippen LogP contribution in [0.3, 0.4) is 0 Å². The highest BCUT2D eigenvalue weighted by Gasteiger charge is 2.19. The van der Waals surface area contributed by atoms with Crippen molar-refractivity contribution in [3.63, 3.8) is 0 Å². The number of rotatable bonds is 5. The number of hydrogen-bond donors (Lipinski definition) is 2. The summed E-state index contributed by atoms with van der Waals surface area (Å²) in [4.78, 5) is 0.242. The highest BCUT2D eigenvalue weighted by molar-refractivity contribution is 7.89. The molecule has 0 bridgehead atoms. The maximum absolute atomic E-state index is 12.4. The summed E-state index contributed by atoms with van der Waals surface area (Å²) < 4.78 is 27.6. The number of aryl methyl sites for hydroxylation is 1. The van der Waals surface area contributed by atoms with Crippen LogP contribution in [0, 0.1) is 6.92 Å². The van der Waals surface area contributed by atoms with E-state index in [9.17, 15) is 8.42 Å². The summed E-state index contributed by atoms with van der Waals surface area (Å²) in [5, 5.41) is 0. The molecule has 0 radical (unpaired) electrons. The van der Waals surface area contributed by atoms with E-state index in [1.165, 1.54) is 0 Å². The Morgan fingerprint density at radius 3 is 2.52 bits per heavy atom. The van der Waals surface area contributed by atoms with Gasteiger partial charge in [0.25, 0.3) is 0 Å². The summed E-state index contributed by atoms with van der Waals surface area (Å²) >= 11 is 0. The Morgan fingerprint density at radius 1 is 1.14 bits per heavy atom. The molecule has 2 aromatic carbocycles. The summed E-state index contributed by atoms with van der Waals surface area (Å²) in [5.74, 6) is 0. The van der Waals surface area contributed by atoms with E-state index in [0.29, 0.717) is 6.54 Å². The van der Waals surface area contributed by atoms with Crippen LogP contribution < -0.4 is 10.5 Å². The zero-order valence-corrected chi connectivity index (χ0v) is 13.0. The number of sulfonamides is 1. The fraction of sp³-hybridized carbons (Fsp3) is 0.250. The Bertz CT molecular complexity index is 727. The molecular formula is C16H20N2O2S. The number of benzene rings is 2. The van der Waals surface area contributed by atoms with E-state index in [0.717, 1.165) is 16.7 Å². The van der Waals surface area contributed by atoms with Crippen LogP contribution in [0.25, 0.3) is 0 Å². The zero-order chi connectivity index (χ0) is 15.5. The molecule has 0 saturated heterocycles. The zero-order valence-electron chi connectivity index (χ0n) is 12.2. The van der Waals surface area contributed by atoms with Crippen molar-refractivity contribution in [3.8, 4) is 0 Å². The van der Waals surface area contributed by atoms with E-state index in [2.05, 4.69) is 4.72 Å². The van der Waals surface area contributed by atoms with Gasteiger partial charge in [-0.3, -0.25) is 0 Å². The molecule has 1 atom stereocenters. The van der Waals surface area contributed by atoms with Crippen molar-refractivity contribution in [2.45, 2.75) is 31.3 Å². The smallest absolute Gasteiger partial charge is 0.241 e. The molecule has 0 aliphatic heterocycles. The van der Waals surface area contributed by atoms with Gasteiger partial charge in [-0.15, -0.1) is 0 Å². The van der Waals surface area contributed by atoms with Gasteiger partial charge in [-0.2, -0.15) is 0 Å². The fourth-order valence-electron chi connectivity index (χ4n) is 2.28. The van der Waals surface area contributed by atoms with Gasteiger partial charge < -0.3 is 5.73 Å². The van der Waals surface area contributed by atoms with Gasteiger partial charge in [-0.1, -0.05) is 36.4 Å². The van der Waals surface area contributed by atoms with Gasteiger partial charge in [0.05, 0.1) is 4.90 Å². The second-order valence-corrected chi connectivity index (χ2v) is 6.77. The molecular weight excluding hydrogens is 284 g/mol. The molecule has 0 aromatic heterocycles. The standard InChI is InChI=1S/C16H20N2O2S/c1-12-6-3-4-9-16(12)13(2)18-21(19,20)15-8-5-7-14(10-15)11-17/h3-10,13,18H,11,17H2,1-2H3. The Labute approximate surface area is 126 Å². The maximum Gasteiger partial charge on any atom is 0.241 e. The van der Waals surface area contributed by atoms with Crippen LogP contribution in [0.4, 0.5) is 0 Å². The van der Waals surface area contributed by atoms with Crippen molar-refractivity contribution in [3.05, 3.63) is 65.2 Å². The average molecular weight is 304 g/mol. The minimum atomic E-state index is -3.56. The van der Waals surface area contributed by atoms with Gasteiger partial charge in [0, 0.05) is 12.6 Å². The van der Waals surface area contributed by atoms with Gasteiger partial charge in [0.2, 0.25) is 10.0 Å². The van der Waals surface area contributed by atoms with Crippen molar-refractivity contribution >= 4 is 10.0 Å². The molecule has 0 amide bonds. The first-order chi connectivity index (χ1) is 9.94. The molecule has 0 spiro atoms. The Kier molecular flexibility index (Phi) is 4.77. The van der Waals surface area contributed by atoms with Crippen molar-refractivity contribution < 1.29 is 8.42 Å². The molecule has 0 aliphatic carbocycles. The third kappa shape index (κ3) is 3.69. The predicted octanol–water partition coefficient (Wildman–Crippen LogP) is 2.49. The lowest BCUT2D eigenvalue weighted by atomic mass is 10.0. The third-order valence-corrected chi connectivity index (χ3v) is 4.97. The minimum Gasteiger partial charge on any atom is -0.326 e. The topological polar surface area (TPSA) is 72.2 Å². The summed E-state index contributed by atoms with van der Waals surface area (Å²) in [6.07, 6.45) is 0. The van der Waals surface area contributed by atoms with E-state index in [1.54, 1.807) is 18.2 Å². The maximum atomic E-state index is 12.4. The lowest BCUT2D eigenvalue weighted by Gasteiger charge is -2.17. The normalized spacial score (nSPS) is 13.1. The first-order valence-electron chi connectivity index (χ1n) is 6.81. The molecule has 2 aromatic rings. The largest absolute Gasteiger partial charge is 0.326 e. The van der Waals surface area contributed by atoms with Gasteiger partial charge in [-0.05, 0) is 42.7 Å². The van der Waals surface area contributed by atoms with Crippen LogP contribution in [0.5, 0.6) is 0 Å². The van der Waals surface area contributed by atoms with E-state index in [1.807, 2.05) is 44.2 Å². The lowest BCUT2D eigenvalue weighted by Crippen LogP contribution is -2.27. The summed E-state index contributed by atoms with van der Waals surface area (Å²) in [6.45, 7) is 4.12. The first-order valence-corrected chi connectivity index (χ1v) is 8.29. The van der Waals surface area contributed by atoms with Gasteiger partial charge in [0.1, 0.15) is 0 Å². The molecule has 1 unspecified atom stereocenters. The van der Waals surface area contributed by atoms with Crippen molar-refractivity contribution in [1.29, 1.82) is 0 Å². The quantitative estimate of drug-likeness (QED) is 0.891. The van der Waals surface area contributed by atoms with E-state index >= 15 is 0 Å². The van der Waals surface area contributed by atoms with Crippen molar-refractivity contribution in [1.82, 2.24) is 4.72 Å². The number of hydrogen-bond acceptors (Lipinski definition) is 3. The number of nitrogens with one attached hydrogen (secondary N) is 1. The lowest BCUT2D eigenvalue weighted by molar-refractivity contribution is 0.566. The van der Waals surface area contributed by atoms with Gasteiger partial charge in [-0.25, -0.2) is 13.1 Å². The van der Waals surface area contributed by atoms with Crippen LogP contribution >= 0.6 is 0 Å². The molecule has 0 fully saturated rings. The van der Waals surface area contributed by atoms with Crippen LogP contribution in [-0.4, -0.2) is 8.42 Å². The SMILES string of the molecule is Cc1ccccc1C(C)NS(=O)(=O)c1cccc(CN)c1. The van der Waals surface area contributed by atoms with Crippen LogP contribution in [0.1, 0.15) is 29.7 Å². The highest BCUT2D eigenvalue weighted by Crippen LogP contribution is 2.20. The van der Waals surface area contributed by atoms with E-state index in [4.69, 9.17) is 5.73 Å². The van der Waals surface area contributed by atoms with E-state index < -0.39 is 10.0 Å². The Morgan fingerprint density at radius 2 is 1.86 bits per heavy atom. The first kappa shape index (κ1) is 15.7. The Hall–Kier alpha value is -1.69. The second-order valence-electron chi connectivity index (χ2n) is 5.05. The molecule has 4 nitrogen and oxygen atoms in total. The number of nitrogens with two attached hydrogens (primary N) is 1. The molecule has 0 aliphatic rings. The highest BCUT2D eigenvalue weighted by atomic mass is 32.2. The van der Waals surface area contributed by atoms with Gasteiger partial charge in [0.15, 0.2) is 0 Å². The molecule has 112 valence electrons. The minimum absolute atomic E-state index is 0.242.